The van der Waals surface area contributed by atoms with Gasteiger partial charge in [-0.3, -0.25) is 4.79 Å². The number of carboxylic acid groups (broad SMARTS) is 1. The van der Waals surface area contributed by atoms with Crippen LogP contribution in [-0.2, 0) is 11.2 Å². The number of nitrogens with zero attached hydrogens (tertiary/aromatic N) is 4. The lowest BCUT2D eigenvalue weighted by molar-refractivity contribution is -0.136. The summed E-state index contributed by atoms with van der Waals surface area (Å²) < 4.78 is 0. The highest BCUT2D eigenvalue weighted by atomic mass is 16.4. The molecule has 0 saturated carbocycles. The van der Waals surface area contributed by atoms with E-state index in [1.165, 1.54) is 0 Å². The Labute approximate surface area is 140 Å². The number of carbonyl (C=O) groups is 1. The predicted octanol–water partition coefficient (Wildman–Crippen LogP) is 1.10. The number of anilines is 2. The van der Waals surface area contributed by atoms with Crippen molar-refractivity contribution >= 4 is 17.7 Å². The van der Waals surface area contributed by atoms with Gasteiger partial charge in [-0.25, -0.2) is 4.98 Å². The summed E-state index contributed by atoms with van der Waals surface area (Å²) >= 11 is 0. The fraction of sp³-hybridized carbons (Fsp3) is 0.353. The smallest absolute Gasteiger partial charge is 0.307 e. The van der Waals surface area contributed by atoms with Gasteiger partial charge in [-0.15, -0.1) is 0 Å². The fourth-order valence-corrected chi connectivity index (χ4v) is 2.81. The molecule has 1 aromatic carbocycles. The Morgan fingerprint density at radius 2 is 1.96 bits per heavy atom. The molecule has 0 amide bonds. The molecule has 7 nitrogen and oxygen atoms in total. The zero-order valence-corrected chi connectivity index (χ0v) is 13.6. The fourth-order valence-electron chi connectivity index (χ4n) is 2.81. The number of aliphatic carboxylic acids is 1. The van der Waals surface area contributed by atoms with E-state index < -0.39 is 5.97 Å². The van der Waals surface area contributed by atoms with E-state index in [0.717, 1.165) is 43.1 Å². The van der Waals surface area contributed by atoms with E-state index in [2.05, 4.69) is 26.8 Å². The normalized spacial score (nSPS) is 15.5. The van der Waals surface area contributed by atoms with Crippen molar-refractivity contribution in [1.82, 2.24) is 14.9 Å². The maximum Gasteiger partial charge on any atom is 0.307 e. The second kappa shape index (κ2) is 6.84. The summed E-state index contributed by atoms with van der Waals surface area (Å²) in [6.07, 6.45) is -0.0142. The summed E-state index contributed by atoms with van der Waals surface area (Å²) in [5.41, 5.74) is 8.19. The van der Waals surface area contributed by atoms with E-state index in [0.29, 0.717) is 5.69 Å². The SMILES string of the molecule is CN1CCN(c2cc(-c3cccc(CC(=O)O)c3)nc(N)n2)CC1. The number of nitrogens with two attached hydrogens (primary N) is 1. The number of carboxylic acids is 1. The number of rotatable bonds is 4. The molecule has 2 heterocycles. The Morgan fingerprint density at radius 1 is 1.21 bits per heavy atom. The maximum absolute atomic E-state index is 10.9. The molecule has 0 bridgehead atoms. The first-order chi connectivity index (χ1) is 11.5. The molecule has 1 aliphatic heterocycles. The van der Waals surface area contributed by atoms with Crippen molar-refractivity contribution in [2.75, 3.05) is 43.9 Å². The van der Waals surface area contributed by atoms with Crippen molar-refractivity contribution in [1.29, 1.82) is 0 Å². The third-order valence-corrected chi connectivity index (χ3v) is 4.14. The van der Waals surface area contributed by atoms with Gasteiger partial charge in [0.15, 0.2) is 0 Å². The lowest BCUT2D eigenvalue weighted by Gasteiger charge is -2.33. The molecule has 3 rings (SSSR count). The highest BCUT2D eigenvalue weighted by Crippen LogP contribution is 2.24. The van der Waals surface area contributed by atoms with Crippen LogP contribution in [0.3, 0.4) is 0 Å². The van der Waals surface area contributed by atoms with E-state index in [1.807, 2.05) is 24.3 Å². The molecule has 126 valence electrons. The minimum absolute atomic E-state index is 0.0142. The zero-order valence-electron chi connectivity index (χ0n) is 13.6. The van der Waals surface area contributed by atoms with Crippen LogP contribution in [-0.4, -0.2) is 59.2 Å². The maximum atomic E-state index is 10.9. The standard InChI is InChI=1S/C17H21N5O2/c1-21-5-7-22(8-6-21)15-11-14(19-17(18)20-15)13-4-2-3-12(9-13)10-16(23)24/h2-4,9,11H,5-8,10H2,1H3,(H,23,24)(H2,18,19,20). The van der Waals surface area contributed by atoms with Gasteiger partial charge in [0.25, 0.3) is 0 Å². The molecule has 0 unspecified atom stereocenters. The van der Waals surface area contributed by atoms with Crippen LogP contribution in [0.5, 0.6) is 0 Å². The molecule has 1 aromatic heterocycles. The van der Waals surface area contributed by atoms with Gasteiger partial charge in [0.2, 0.25) is 5.95 Å². The molecule has 24 heavy (non-hydrogen) atoms. The van der Waals surface area contributed by atoms with Crippen LogP contribution >= 0.6 is 0 Å². The molecule has 2 aromatic rings. The minimum Gasteiger partial charge on any atom is -0.481 e. The van der Waals surface area contributed by atoms with Crippen molar-refractivity contribution in [3.8, 4) is 11.3 Å². The van der Waals surface area contributed by atoms with E-state index in [4.69, 9.17) is 10.8 Å². The number of aromatic nitrogens is 2. The molecular formula is C17H21N5O2. The zero-order chi connectivity index (χ0) is 17.1. The van der Waals surface area contributed by atoms with Crippen molar-refractivity contribution in [3.63, 3.8) is 0 Å². The van der Waals surface area contributed by atoms with Crippen LogP contribution in [0.15, 0.2) is 30.3 Å². The van der Waals surface area contributed by atoms with Gasteiger partial charge in [0.1, 0.15) is 5.82 Å². The minimum atomic E-state index is -0.854. The van der Waals surface area contributed by atoms with E-state index in [1.54, 1.807) is 6.07 Å². The second-order valence-electron chi connectivity index (χ2n) is 6.03. The van der Waals surface area contributed by atoms with Crippen LogP contribution in [0.4, 0.5) is 11.8 Å². The summed E-state index contributed by atoms with van der Waals surface area (Å²) in [7, 11) is 2.10. The van der Waals surface area contributed by atoms with Gasteiger partial charge in [0.05, 0.1) is 12.1 Å². The summed E-state index contributed by atoms with van der Waals surface area (Å²) in [4.78, 5) is 24.0. The first kappa shape index (κ1) is 16.2. The molecule has 7 heteroatoms. The first-order valence-corrected chi connectivity index (χ1v) is 7.90. The molecule has 0 radical (unpaired) electrons. The van der Waals surface area contributed by atoms with Gasteiger partial charge >= 0.3 is 5.97 Å². The molecule has 0 spiro atoms. The van der Waals surface area contributed by atoms with E-state index in [-0.39, 0.29) is 12.4 Å². The molecule has 0 atom stereocenters. The van der Waals surface area contributed by atoms with Crippen molar-refractivity contribution in [3.05, 3.63) is 35.9 Å². The lowest BCUT2D eigenvalue weighted by atomic mass is 10.1. The summed E-state index contributed by atoms with van der Waals surface area (Å²) in [5, 5.41) is 8.95. The monoisotopic (exact) mass is 327 g/mol. The Morgan fingerprint density at radius 3 is 2.67 bits per heavy atom. The molecule has 1 fully saturated rings. The van der Waals surface area contributed by atoms with Gasteiger partial charge < -0.3 is 20.6 Å². The molecule has 1 saturated heterocycles. The average Bonchev–Trinajstić information content (AvgIpc) is 2.54. The second-order valence-corrected chi connectivity index (χ2v) is 6.03. The number of likely N-dealkylation sites (N-methyl/N-ethyl adjacent to an activating group) is 1. The lowest BCUT2D eigenvalue weighted by Crippen LogP contribution is -2.44. The third-order valence-electron chi connectivity index (χ3n) is 4.14. The summed E-state index contributed by atoms with van der Waals surface area (Å²) in [6, 6.07) is 9.29. The predicted molar refractivity (Wildman–Crippen MR) is 92.9 cm³/mol. The van der Waals surface area contributed by atoms with Gasteiger partial charge in [-0.1, -0.05) is 18.2 Å². The first-order valence-electron chi connectivity index (χ1n) is 7.90. The van der Waals surface area contributed by atoms with Crippen molar-refractivity contribution in [2.24, 2.45) is 0 Å². The Hall–Kier alpha value is -2.67. The summed E-state index contributed by atoms with van der Waals surface area (Å²) in [6.45, 7) is 3.75. The van der Waals surface area contributed by atoms with E-state index in [9.17, 15) is 4.79 Å². The molecule has 3 N–H and O–H groups in total. The Balaban J connectivity index is 1.90. The largest absolute Gasteiger partial charge is 0.481 e. The van der Waals surface area contributed by atoms with Crippen LogP contribution in [0.1, 0.15) is 5.56 Å². The molecular weight excluding hydrogens is 306 g/mol. The highest BCUT2D eigenvalue weighted by molar-refractivity contribution is 5.72. The number of piperazine rings is 1. The Bertz CT molecular complexity index is 742. The third kappa shape index (κ3) is 3.80. The van der Waals surface area contributed by atoms with Crippen LogP contribution in [0, 0.1) is 0 Å². The van der Waals surface area contributed by atoms with Gasteiger partial charge in [-0.2, -0.15) is 4.98 Å². The number of hydrogen-bond donors (Lipinski definition) is 2. The average molecular weight is 327 g/mol. The Kier molecular flexibility index (Phi) is 4.61. The number of nitrogen functional groups attached to an aromatic ring is 1. The topological polar surface area (TPSA) is 95.6 Å². The number of benzene rings is 1. The van der Waals surface area contributed by atoms with Gasteiger partial charge in [-0.05, 0) is 18.7 Å². The van der Waals surface area contributed by atoms with Crippen LogP contribution < -0.4 is 10.6 Å². The van der Waals surface area contributed by atoms with Gasteiger partial charge in [0, 0.05) is 37.8 Å². The quantitative estimate of drug-likeness (QED) is 0.868. The van der Waals surface area contributed by atoms with Crippen LogP contribution in [0.25, 0.3) is 11.3 Å². The molecule has 1 aliphatic rings. The molecule has 0 aliphatic carbocycles. The van der Waals surface area contributed by atoms with Crippen molar-refractivity contribution < 1.29 is 9.90 Å². The van der Waals surface area contributed by atoms with E-state index >= 15 is 0 Å². The summed E-state index contributed by atoms with van der Waals surface area (Å²) in [5.74, 6) is 0.187. The highest BCUT2D eigenvalue weighted by Gasteiger charge is 2.17. The van der Waals surface area contributed by atoms with Crippen molar-refractivity contribution in [2.45, 2.75) is 6.42 Å². The van der Waals surface area contributed by atoms with Crippen LogP contribution in [0.2, 0.25) is 0 Å². The number of hydrogen-bond acceptors (Lipinski definition) is 6.